The van der Waals surface area contributed by atoms with Crippen LogP contribution in [0.3, 0.4) is 0 Å². The molecule has 1 aromatic heterocycles. The quantitative estimate of drug-likeness (QED) is 0.839. The fraction of sp³-hybridized carbons (Fsp3) is 0.353. The molecule has 2 aromatic rings. The van der Waals surface area contributed by atoms with Crippen molar-refractivity contribution in [2.75, 3.05) is 13.1 Å². The Labute approximate surface area is 137 Å². The number of carbonyl (C=O) groups is 1. The maximum Gasteiger partial charge on any atom is 0.416 e. The molecule has 1 saturated heterocycles. The van der Waals surface area contributed by atoms with Gasteiger partial charge in [-0.1, -0.05) is 12.1 Å². The van der Waals surface area contributed by atoms with Crippen LogP contribution in [0.15, 0.2) is 36.7 Å². The Hall–Kier alpha value is -2.44. The van der Waals surface area contributed by atoms with Crippen molar-refractivity contribution in [2.24, 2.45) is 0 Å². The minimum absolute atomic E-state index is 0.184. The predicted molar refractivity (Wildman–Crippen MR) is 82.2 cm³/mol. The monoisotopic (exact) mass is 335 g/mol. The van der Waals surface area contributed by atoms with Crippen molar-refractivity contribution in [3.05, 3.63) is 47.9 Å². The van der Waals surface area contributed by atoms with Crippen LogP contribution in [0.25, 0.3) is 11.3 Å². The highest BCUT2D eigenvalue weighted by molar-refractivity contribution is 5.92. The smallest absolute Gasteiger partial charge is 0.337 e. The molecule has 0 aliphatic carbocycles. The summed E-state index contributed by atoms with van der Waals surface area (Å²) >= 11 is 0. The van der Waals surface area contributed by atoms with Crippen LogP contribution in [-0.4, -0.2) is 33.9 Å². The van der Waals surface area contributed by atoms with Gasteiger partial charge in [0.15, 0.2) is 0 Å². The molecule has 1 fully saturated rings. The summed E-state index contributed by atoms with van der Waals surface area (Å²) < 4.78 is 37.9. The Kier molecular flexibility index (Phi) is 4.51. The van der Waals surface area contributed by atoms with Crippen LogP contribution in [0.4, 0.5) is 13.2 Å². The highest BCUT2D eigenvalue weighted by atomic mass is 19.4. The molecule has 0 unspecified atom stereocenters. The lowest BCUT2D eigenvalue weighted by molar-refractivity contribution is -0.137. The fourth-order valence-electron chi connectivity index (χ4n) is 2.70. The standard InChI is InChI=1S/C17H16F3N3O/c18-17(19,20)13-6-4-12(5-7-13)14-10-21-11-15(22-14)16(24)23-8-2-1-3-9-23/h4-7,10-11H,1-3,8-9H2. The topological polar surface area (TPSA) is 46.1 Å². The lowest BCUT2D eigenvalue weighted by Gasteiger charge is -2.26. The predicted octanol–water partition coefficient (Wildman–Crippen LogP) is 3.79. The maximum absolute atomic E-state index is 12.6. The SMILES string of the molecule is O=C(c1cncc(-c2ccc(C(F)(F)F)cc2)n1)N1CCCCC1. The summed E-state index contributed by atoms with van der Waals surface area (Å²) in [6.07, 6.45) is 1.51. The number of alkyl halides is 3. The minimum Gasteiger partial charge on any atom is -0.337 e. The van der Waals surface area contributed by atoms with E-state index in [9.17, 15) is 18.0 Å². The Balaban J connectivity index is 1.83. The summed E-state index contributed by atoms with van der Waals surface area (Å²) in [6, 6.07) is 4.66. The Morgan fingerprint density at radius 3 is 2.29 bits per heavy atom. The molecule has 0 spiro atoms. The summed E-state index contributed by atoms with van der Waals surface area (Å²) in [6.45, 7) is 1.40. The summed E-state index contributed by atoms with van der Waals surface area (Å²) in [4.78, 5) is 22.5. The lowest BCUT2D eigenvalue weighted by Crippen LogP contribution is -2.36. The Morgan fingerprint density at radius 1 is 1.00 bits per heavy atom. The van der Waals surface area contributed by atoms with Gasteiger partial charge < -0.3 is 4.90 Å². The normalized spacial score (nSPS) is 15.4. The number of nitrogens with zero attached hydrogens (tertiary/aromatic N) is 3. The molecule has 0 N–H and O–H groups in total. The van der Waals surface area contributed by atoms with E-state index < -0.39 is 11.7 Å². The average molecular weight is 335 g/mol. The van der Waals surface area contributed by atoms with E-state index in [1.165, 1.54) is 24.5 Å². The molecule has 1 amide bonds. The van der Waals surface area contributed by atoms with Gasteiger partial charge in [-0.25, -0.2) is 4.98 Å². The van der Waals surface area contributed by atoms with Gasteiger partial charge in [0.2, 0.25) is 0 Å². The van der Waals surface area contributed by atoms with Crippen LogP contribution in [0.1, 0.15) is 35.3 Å². The number of carbonyl (C=O) groups excluding carboxylic acids is 1. The van der Waals surface area contributed by atoms with Crippen LogP contribution < -0.4 is 0 Å². The summed E-state index contributed by atoms with van der Waals surface area (Å²) in [5.74, 6) is -0.184. The first-order valence-corrected chi connectivity index (χ1v) is 7.74. The third-order valence-electron chi connectivity index (χ3n) is 4.00. The Morgan fingerprint density at radius 2 is 1.67 bits per heavy atom. The van der Waals surface area contributed by atoms with Gasteiger partial charge in [0, 0.05) is 18.7 Å². The third-order valence-corrected chi connectivity index (χ3v) is 4.00. The zero-order chi connectivity index (χ0) is 17.2. The molecule has 4 nitrogen and oxygen atoms in total. The number of hydrogen-bond donors (Lipinski definition) is 0. The van der Waals surface area contributed by atoms with E-state index in [0.29, 0.717) is 24.3 Å². The molecule has 1 aliphatic rings. The zero-order valence-electron chi connectivity index (χ0n) is 12.9. The molecular formula is C17H16F3N3O. The van der Waals surface area contributed by atoms with Crippen molar-refractivity contribution >= 4 is 5.91 Å². The van der Waals surface area contributed by atoms with Gasteiger partial charge in [0.05, 0.1) is 23.7 Å². The van der Waals surface area contributed by atoms with Crippen LogP contribution in [0, 0.1) is 0 Å². The first-order valence-electron chi connectivity index (χ1n) is 7.74. The van der Waals surface area contributed by atoms with Crippen LogP contribution in [-0.2, 0) is 6.18 Å². The average Bonchev–Trinajstić information content (AvgIpc) is 2.61. The number of hydrogen-bond acceptors (Lipinski definition) is 3. The third kappa shape index (κ3) is 3.55. The van der Waals surface area contributed by atoms with E-state index in [2.05, 4.69) is 9.97 Å². The second-order valence-corrected chi connectivity index (χ2v) is 5.72. The largest absolute Gasteiger partial charge is 0.416 e. The first kappa shape index (κ1) is 16.4. The van der Waals surface area contributed by atoms with Gasteiger partial charge in [-0.2, -0.15) is 13.2 Å². The molecule has 0 radical (unpaired) electrons. The van der Waals surface area contributed by atoms with Crippen LogP contribution in [0.2, 0.25) is 0 Å². The Bertz CT molecular complexity index is 723. The van der Waals surface area contributed by atoms with E-state index in [0.717, 1.165) is 31.4 Å². The van der Waals surface area contributed by atoms with E-state index in [-0.39, 0.29) is 11.6 Å². The van der Waals surface area contributed by atoms with Gasteiger partial charge in [-0.05, 0) is 31.4 Å². The van der Waals surface area contributed by atoms with Crippen molar-refractivity contribution in [2.45, 2.75) is 25.4 Å². The van der Waals surface area contributed by atoms with Crippen molar-refractivity contribution in [1.82, 2.24) is 14.9 Å². The summed E-state index contributed by atoms with van der Waals surface area (Å²) in [5, 5.41) is 0. The fourth-order valence-corrected chi connectivity index (χ4v) is 2.70. The van der Waals surface area contributed by atoms with Gasteiger partial charge >= 0.3 is 6.18 Å². The first-order chi connectivity index (χ1) is 11.4. The highest BCUT2D eigenvalue weighted by Gasteiger charge is 2.30. The molecule has 3 rings (SSSR count). The van der Waals surface area contributed by atoms with E-state index >= 15 is 0 Å². The number of likely N-dealkylation sites (tertiary alicyclic amines) is 1. The minimum atomic E-state index is -4.38. The summed E-state index contributed by atoms with van der Waals surface area (Å²) in [7, 11) is 0. The highest BCUT2D eigenvalue weighted by Crippen LogP contribution is 2.30. The van der Waals surface area contributed by atoms with Gasteiger partial charge in [0.25, 0.3) is 5.91 Å². The molecule has 1 aromatic carbocycles. The molecule has 7 heteroatoms. The second-order valence-electron chi connectivity index (χ2n) is 5.72. The van der Waals surface area contributed by atoms with Gasteiger partial charge in [0.1, 0.15) is 5.69 Å². The molecule has 126 valence electrons. The molecule has 1 aliphatic heterocycles. The second kappa shape index (κ2) is 6.59. The molecule has 24 heavy (non-hydrogen) atoms. The maximum atomic E-state index is 12.6. The lowest BCUT2D eigenvalue weighted by atomic mass is 10.1. The van der Waals surface area contributed by atoms with Gasteiger partial charge in [-0.3, -0.25) is 9.78 Å². The molecular weight excluding hydrogens is 319 g/mol. The summed E-state index contributed by atoms with van der Waals surface area (Å²) in [5.41, 5.74) is 0.365. The molecule has 0 bridgehead atoms. The zero-order valence-corrected chi connectivity index (χ0v) is 12.9. The number of piperidine rings is 1. The number of amides is 1. The van der Waals surface area contributed by atoms with E-state index in [4.69, 9.17) is 0 Å². The van der Waals surface area contributed by atoms with E-state index in [1.54, 1.807) is 4.90 Å². The van der Waals surface area contributed by atoms with Crippen molar-refractivity contribution < 1.29 is 18.0 Å². The van der Waals surface area contributed by atoms with E-state index in [1.807, 2.05) is 0 Å². The van der Waals surface area contributed by atoms with Crippen molar-refractivity contribution in [1.29, 1.82) is 0 Å². The number of aromatic nitrogens is 2. The molecule has 0 atom stereocenters. The van der Waals surface area contributed by atoms with Crippen LogP contribution >= 0.6 is 0 Å². The van der Waals surface area contributed by atoms with Gasteiger partial charge in [-0.15, -0.1) is 0 Å². The van der Waals surface area contributed by atoms with Crippen LogP contribution in [0.5, 0.6) is 0 Å². The number of halogens is 3. The molecule has 0 saturated carbocycles. The molecule has 2 heterocycles. The van der Waals surface area contributed by atoms with Crippen molar-refractivity contribution in [3.63, 3.8) is 0 Å². The number of benzene rings is 1. The van der Waals surface area contributed by atoms with Crippen molar-refractivity contribution in [3.8, 4) is 11.3 Å². The number of rotatable bonds is 2.